The van der Waals surface area contributed by atoms with Gasteiger partial charge in [-0.05, 0) is 32.6 Å². The normalized spacial score (nSPS) is 27.2. The lowest BCUT2D eigenvalue weighted by Crippen LogP contribution is -2.40. The second-order valence-corrected chi connectivity index (χ2v) is 7.31. The maximum absolute atomic E-state index is 12.3. The van der Waals surface area contributed by atoms with Gasteiger partial charge in [-0.25, -0.2) is 4.98 Å². The summed E-state index contributed by atoms with van der Waals surface area (Å²) >= 11 is 1.48. The van der Waals surface area contributed by atoms with E-state index in [0.29, 0.717) is 22.9 Å². The van der Waals surface area contributed by atoms with Crippen LogP contribution in [0, 0.1) is 5.92 Å². The minimum absolute atomic E-state index is 0.00403. The van der Waals surface area contributed by atoms with E-state index in [0.717, 1.165) is 18.8 Å². The van der Waals surface area contributed by atoms with E-state index in [2.05, 4.69) is 36.0 Å². The number of hydrogen-bond donors (Lipinski definition) is 1. The molecule has 3 rings (SSSR count). The predicted molar refractivity (Wildman–Crippen MR) is 81.2 cm³/mol. The summed E-state index contributed by atoms with van der Waals surface area (Å²) in [5, 5.41) is 5.84. The number of rotatable bonds is 4. The molecule has 5 heteroatoms. The summed E-state index contributed by atoms with van der Waals surface area (Å²) < 4.78 is 0. The molecular weight excluding hydrogens is 270 g/mol. The summed E-state index contributed by atoms with van der Waals surface area (Å²) in [6, 6.07) is 0.791. The van der Waals surface area contributed by atoms with Crippen molar-refractivity contribution < 1.29 is 4.79 Å². The molecule has 1 aromatic rings. The first-order valence-corrected chi connectivity index (χ1v) is 8.43. The largest absolute Gasteiger partial charge is 0.346 e. The van der Waals surface area contributed by atoms with Gasteiger partial charge in [-0.3, -0.25) is 9.69 Å². The third kappa shape index (κ3) is 2.88. The van der Waals surface area contributed by atoms with Crippen LogP contribution in [-0.2, 0) is 0 Å². The summed E-state index contributed by atoms with van der Waals surface area (Å²) in [5.41, 5.74) is 1.11. The molecule has 2 aliphatic rings. The standard InChI is InChI=1S/C15H23N3OS/c1-9(2)18-6-10(3)12(7-18)16-14(19)15-17-13(8-20-15)11-4-5-11/h8-12H,4-7H2,1-3H3,(H,16,19)/t10-,12+/m1/s1. The van der Waals surface area contributed by atoms with Gasteiger partial charge in [0.25, 0.3) is 5.91 Å². The van der Waals surface area contributed by atoms with Crippen LogP contribution >= 0.6 is 11.3 Å². The van der Waals surface area contributed by atoms with E-state index in [-0.39, 0.29) is 11.9 Å². The third-order valence-electron chi connectivity index (χ3n) is 4.40. The summed E-state index contributed by atoms with van der Waals surface area (Å²) in [6.07, 6.45) is 2.46. The maximum atomic E-state index is 12.3. The first-order valence-electron chi connectivity index (χ1n) is 7.55. The Labute approximate surface area is 124 Å². The fraction of sp³-hybridized carbons (Fsp3) is 0.733. The molecule has 1 saturated carbocycles. The minimum Gasteiger partial charge on any atom is -0.346 e. The van der Waals surface area contributed by atoms with Crippen molar-refractivity contribution in [2.45, 2.75) is 51.6 Å². The topological polar surface area (TPSA) is 45.2 Å². The highest BCUT2D eigenvalue weighted by molar-refractivity contribution is 7.11. The van der Waals surface area contributed by atoms with Gasteiger partial charge in [-0.15, -0.1) is 11.3 Å². The van der Waals surface area contributed by atoms with Crippen molar-refractivity contribution in [1.29, 1.82) is 0 Å². The molecule has 2 heterocycles. The van der Waals surface area contributed by atoms with Crippen LogP contribution < -0.4 is 5.32 Å². The Kier molecular flexibility index (Phi) is 3.82. The number of thiazole rings is 1. The number of amides is 1. The van der Waals surface area contributed by atoms with E-state index in [4.69, 9.17) is 0 Å². The van der Waals surface area contributed by atoms with Gasteiger partial charge in [-0.2, -0.15) is 0 Å². The Hall–Kier alpha value is -0.940. The maximum Gasteiger partial charge on any atom is 0.280 e. The van der Waals surface area contributed by atoms with Crippen molar-refractivity contribution >= 4 is 17.2 Å². The molecule has 1 N–H and O–H groups in total. The molecule has 20 heavy (non-hydrogen) atoms. The van der Waals surface area contributed by atoms with E-state index in [1.807, 2.05) is 5.38 Å². The molecule has 1 amide bonds. The van der Waals surface area contributed by atoms with E-state index >= 15 is 0 Å². The second-order valence-electron chi connectivity index (χ2n) is 6.46. The number of carbonyl (C=O) groups is 1. The van der Waals surface area contributed by atoms with Gasteiger partial charge in [0.2, 0.25) is 0 Å². The smallest absolute Gasteiger partial charge is 0.280 e. The Bertz CT molecular complexity index is 495. The average Bonchev–Trinajstić information content (AvgIpc) is 3.01. The average molecular weight is 293 g/mol. The van der Waals surface area contributed by atoms with Gasteiger partial charge in [-0.1, -0.05) is 6.92 Å². The van der Waals surface area contributed by atoms with Crippen molar-refractivity contribution in [2.24, 2.45) is 5.92 Å². The quantitative estimate of drug-likeness (QED) is 0.927. The predicted octanol–water partition coefficient (Wildman–Crippen LogP) is 2.48. The van der Waals surface area contributed by atoms with Crippen LogP contribution in [0.4, 0.5) is 0 Å². The van der Waals surface area contributed by atoms with E-state index in [1.165, 1.54) is 24.2 Å². The van der Waals surface area contributed by atoms with Crippen molar-refractivity contribution in [2.75, 3.05) is 13.1 Å². The highest BCUT2D eigenvalue weighted by atomic mass is 32.1. The van der Waals surface area contributed by atoms with Crippen LogP contribution in [0.3, 0.4) is 0 Å². The van der Waals surface area contributed by atoms with Crippen LogP contribution in [0.2, 0.25) is 0 Å². The molecule has 0 spiro atoms. The number of likely N-dealkylation sites (tertiary alicyclic amines) is 1. The molecule has 1 aliphatic carbocycles. The summed E-state index contributed by atoms with van der Waals surface area (Å²) in [4.78, 5) is 19.2. The zero-order valence-electron chi connectivity index (χ0n) is 12.4. The van der Waals surface area contributed by atoms with E-state index in [1.54, 1.807) is 0 Å². The molecule has 0 unspecified atom stereocenters. The van der Waals surface area contributed by atoms with Crippen LogP contribution in [-0.4, -0.2) is 41.0 Å². The second kappa shape index (κ2) is 5.45. The summed E-state index contributed by atoms with van der Waals surface area (Å²) in [6.45, 7) is 8.64. The van der Waals surface area contributed by atoms with Gasteiger partial charge in [0.15, 0.2) is 5.01 Å². The summed E-state index contributed by atoms with van der Waals surface area (Å²) in [7, 11) is 0. The molecule has 0 radical (unpaired) electrons. The van der Waals surface area contributed by atoms with Gasteiger partial charge >= 0.3 is 0 Å². The molecule has 4 nitrogen and oxygen atoms in total. The number of aromatic nitrogens is 1. The highest BCUT2D eigenvalue weighted by Gasteiger charge is 2.33. The van der Waals surface area contributed by atoms with Crippen molar-refractivity contribution in [3.8, 4) is 0 Å². The first-order chi connectivity index (χ1) is 9.54. The molecule has 0 aromatic carbocycles. The minimum atomic E-state index is 0.00403. The first kappa shape index (κ1) is 14.0. The van der Waals surface area contributed by atoms with Crippen LogP contribution in [0.15, 0.2) is 5.38 Å². The Morgan fingerprint density at radius 1 is 1.45 bits per heavy atom. The third-order valence-corrected chi connectivity index (χ3v) is 5.26. The van der Waals surface area contributed by atoms with Gasteiger partial charge in [0, 0.05) is 36.5 Å². The van der Waals surface area contributed by atoms with Crippen LogP contribution in [0.25, 0.3) is 0 Å². The fourth-order valence-corrected chi connectivity index (χ4v) is 3.60. The molecule has 2 fully saturated rings. The van der Waals surface area contributed by atoms with Crippen molar-refractivity contribution in [3.63, 3.8) is 0 Å². The van der Waals surface area contributed by atoms with E-state index < -0.39 is 0 Å². The Balaban J connectivity index is 1.60. The molecule has 1 saturated heterocycles. The van der Waals surface area contributed by atoms with Gasteiger partial charge in [0.1, 0.15) is 0 Å². The van der Waals surface area contributed by atoms with Crippen molar-refractivity contribution in [3.05, 3.63) is 16.1 Å². The van der Waals surface area contributed by atoms with E-state index in [9.17, 15) is 4.79 Å². The zero-order valence-corrected chi connectivity index (χ0v) is 13.2. The molecule has 1 aromatic heterocycles. The number of hydrogen-bond acceptors (Lipinski definition) is 4. The molecule has 0 bridgehead atoms. The number of nitrogens with one attached hydrogen (secondary N) is 1. The highest BCUT2D eigenvalue weighted by Crippen LogP contribution is 2.40. The lowest BCUT2D eigenvalue weighted by Gasteiger charge is -2.20. The number of nitrogens with zero attached hydrogens (tertiary/aromatic N) is 2. The number of carbonyl (C=O) groups excluding carboxylic acids is 1. The van der Waals surface area contributed by atoms with Gasteiger partial charge in [0.05, 0.1) is 5.69 Å². The lowest BCUT2D eigenvalue weighted by molar-refractivity contribution is 0.0930. The molecule has 110 valence electrons. The Morgan fingerprint density at radius 3 is 2.80 bits per heavy atom. The van der Waals surface area contributed by atoms with Crippen LogP contribution in [0.1, 0.15) is 55.0 Å². The molecule has 2 atom stereocenters. The Morgan fingerprint density at radius 2 is 2.20 bits per heavy atom. The summed E-state index contributed by atoms with van der Waals surface area (Å²) in [5.74, 6) is 1.13. The van der Waals surface area contributed by atoms with Gasteiger partial charge < -0.3 is 5.32 Å². The molecule has 1 aliphatic heterocycles. The molecular formula is C15H23N3OS. The SMILES string of the molecule is CC(C)N1C[C@@H](C)[C@@H](NC(=O)c2nc(C3CC3)cs2)C1. The van der Waals surface area contributed by atoms with Crippen LogP contribution in [0.5, 0.6) is 0 Å². The fourth-order valence-electron chi connectivity index (χ4n) is 2.80. The van der Waals surface area contributed by atoms with Crippen molar-refractivity contribution in [1.82, 2.24) is 15.2 Å². The lowest BCUT2D eigenvalue weighted by atomic mass is 10.1. The monoisotopic (exact) mass is 293 g/mol. The zero-order chi connectivity index (χ0) is 14.3.